The molecule has 0 aliphatic rings. The van der Waals surface area contributed by atoms with Crippen LogP contribution in [0.5, 0.6) is 11.5 Å². The van der Waals surface area contributed by atoms with Gasteiger partial charge in [-0.05, 0) is 79.5 Å². The van der Waals surface area contributed by atoms with Crippen molar-refractivity contribution in [3.63, 3.8) is 0 Å². The first-order valence-corrected chi connectivity index (χ1v) is 11.5. The summed E-state index contributed by atoms with van der Waals surface area (Å²) in [7, 11) is 0. The van der Waals surface area contributed by atoms with Crippen LogP contribution < -0.4 is 14.8 Å². The number of esters is 2. The van der Waals surface area contributed by atoms with Crippen molar-refractivity contribution < 1.29 is 23.9 Å². The van der Waals surface area contributed by atoms with Gasteiger partial charge in [-0.1, -0.05) is 26.7 Å². The van der Waals surface area contributed by atoms with E-state index in [1.807, 2.05) is 62.3 Å². The Kier molecular flexibility index (Phi) is 9.64. The zero-order valence-corrected chi connectivity index (χ0v) is 21.3. The zero-order chi connectivity index (χ0) is 24.7. The maximum Gasteiger partial charge on any atom is 0.317 e. The molecular weight excluding hydrogens is 406 g/mol. The second-order valence-corrected chi connectivity index (χ2v) is 10.7. The standard InChI is InChI=1S/C26H41NO5/c1-10-14-25(6,7)22(29)31-20-13-12-18(19(28)17-27-24(3,4)5)16-21(20)32-23(30)26(8,9)15-11-2/h12-13,16,27H,10-11,14-15,17H2,1-9H3. The van der Waals surface area contributed by atoms with E-state index in [1.165, 1.54) is 12.1 Å². The predicted molar refractivity (Wildman–Crippen MR) is 127 cm³/mol. The number of carbonyl (C=O) groups excluding carboxylic acids is 3. The first-order valence-electron chi connectivity index (χ1n) is 11.5. The van der Waals surface area contributed by atoms with Gasteiger partial charge in [-0.25, -0.2) is 0 Å². The van der Waals surface area contributed by atoms with E-state index in [4.69, 9.17) is 9.47 Å². The normalized spacial score (nSPS) is 12.4. The van der Waals surface area contributed by atoms with E-state index in [0.717, 1.165) is 12.8 Å². The molecule has 6 nitrogen and oxygen atoms in total. The number of carbonyl (C=O) groups is 3. The molecule has 1 N–H and O–H groups in total. The highest BCUT2D eigenvalue weighted by Crippen LogP contribution is 2.34. The van der Waals surface area contributed by atoms with Crippen molar-refractivity contribution in [3.05, 3.63) is 23.8 Å². The van der Waals surface area contributed by atoms with Crippen LogP contribution in [0.15, 0.2) is 18.2 Å². The van der Waals surface area contributed by atoms with Crippen LogP contribution in [-0.2, 0) is 9.59 Å². The molecular formula is C26H41NO5. The van der Waals surface area contributed by atoms with Gasteiger partial charge >= 0.3 is 11.9 Å². The SMILES string of the molecule is CCCC(C)(C)C(=O)Oc1ccc(C(=O)CNC(C)(C)C)cc1OC(=O)C(C)(C)CCC. The smallest absolute Gasteiger partial charge is 0.317 e. The summed E-state index contributed by atoms with van der Waals surface area (Å²) in [5.74, 6) is -0.754. The topological polar surface area (TPSA) is 81.7 Å². The summed E-state index contributed by atoms with van der Waals surface area (Å²) in [6.07, 6.45) is 2.98. The van der Waals surface area contributed by atoms with Crippen LogP contribution in [0.3, 0.4) is 0 Å². The summed E-state index contributed by atoms with van der Waals surface area (Å²) in [6, 6.07) is 4.61. The van der Waals surface area contributed by atoms with Crippen molar-refractivity contribution in [2.24, 2.45) is 10.8 Å². The van der Waals surface area contributed by atoms with Gasteiger partial charge in [0.25, 0.3) is 0 Å². The fourth-order valence-corrected chi connectivity index (χ4v) is 3.22. The minimum atomic E-state index is -0.703. The van der Waals surface area contributed by atoms with E-state index >= 15 is 0 Å². The third kappa shape index (κ3) is 8.38. The Labute approximate surface area is 193 Å². The van der Waals surface area contributed by atoms with Crippen LogP contribution in [0.1, 0.15) is 98.4 Å². The van der Waals surface area contributed by atoms with Gasteiger partial charge in [-0.15, -0.1) is 0 Å². The number of nitrogens with one attached hydrogen (secondary N) is 1. The van der Waals surface area contributed by atoms with Gasteiger partial charge in [0.2, 0.25) is 0 Å². The summed E-state index contributed by atoms with van der Waals surface area (Å²) in [4.78, 5) is 38.3. The van der Waals surface area contributed by atoms with Crippen LogP contribution in [0.4, 0.5) is 0 Å². The van der Waals surface area contributed by atoms with Gasteiger partial charge < -0.3 is 14.8 Å². The lowest BCUT2D eigenvalue weighted by atomic mass is 9.88. The average Bonchev–Trinajstić information content (AvgIpc) is 2.66. The number of ketones is 1. The van der Waals surface area contributed by atoms with E-state index in [1.54, 1.807) is 6.07 Å². The molecule has 0 aliphatic carbocycles. The highest BCUT2D eigenvalue weighted by Gasteiger charge is 2.32. The van der Waals surface area contributed by atoms with E-state index in [0.29, 0.717) is 18.4 Å². The van der Waals surface area contributed by atoms with Gasteiger partial charge in [0.1, 0.15) is 0 Å². The first-order chi connectivity index (χ1) is 14.6. The van der Waals surface area contributed by atoms with E-state index < -0.39 is 22.8 Å². The lowest BCUT2D eigenvalue weighted by Gasteiger charge is -2.24. The molecule has 0 atom stereocenters. The van der Waals surface area contributed by atoms with Crippen molar-refractivity contribution in [1.29, 1.82) is 0 Å². The first kappa shape index (κ1) is 27.8. The van der Waals surface area contributed by atoms with Gasteiger partial charge in [-0.2, -0.15) is 0 Å². The lowest BCUT2D eigenvalue weighted by molar-refractivity contribution is -0.147. The molecule has 6 heteroatoms. The van der Waals surface area contributed by atoms with Crippen molar-refractivity contribution >= 4 is 17.7 Å². The number of rotatable bonds is 11. The molecule has 0 aromatic heterocycles. The summed E-state index contributed by atoms with van der Waals surface area (Å²) >= 11 is 0. The Balaban J connectivity index is 3.26. The molecule has 0 heterocycles. The lowest BCUT2D eigenvalue weighted by Crippen LogP contribution is -2.39. The van der Waals surface area contributed by atoms with Gasteiger partial charge in [-0.3, -0.25) is 14.4 Å². The van der Waals surface area contributed by atoms with Gasteiger partial charge in [0.05, 0.1) is 17.4 Å². The molecule has 1 aromatic rings. The fraction of sp³-hybridized carbons (Fsp3) is 0.654. The van der Waals surface area contributed by atoms with E-state index in [2.05, 4.69) is 5.32 Å². The van der Waals surface area contributed by atoms with Crippen molar-refractivity contribution in [1.82, 2.24) is 5.32 Å². The van der Waals surface area contributed by atoms with Crippen LogP contribution in [0, 0.1) is 10.8 Å². The second-order valence-electron chi connectivity index (χ2n) is 10.7. The average molecular weight is 448 g/mol. The third-order valence-corrected chi connectivity index (χ3v) is 5.31. The van der Waals surface area contributed by atoms with Crippen molar-refractivity contribution in [2.75, 3.05) is 6.54 Å². The maximum absolute atomic E-state index is 12.8. The Morgan fingerprint density at radius 3 is 1.69 bits per heavy atom. The number of Topliss-reactive ketones (excluding diaryl/α,β-unsaturated/α-hetero) is 1. The Hall–Kier alpha value is -2.21. The molecule has 180 valence electrons. The third-order valence-electron chi connectivity index (χ3n) is 5.31. The quantitative estimate of drug-likeness (QED) is 0.265. The number of hydrogen-bond acceptors (Lipinski definition) is 6. The highest BCUT2D eigenvalue weighted by atomic mass is 16.6. The summed E-state index contributed by atoms with van der Waals surface area (Å²) < 4.78 is 11.3. The Bertz CT molecular complexity index is 818. The van der Waals surface area contributed by atoms with Gasteiger partial charge in [0.15, 0.2) is 17.3 Å². The molecule has 1 aromatic carbocycles. The molecule has 0 saturated heterocycles. The summed E-state index contributed by atoms with van der Waals surface area (Å²) in [6.45, 7) is 17.4. The zero-order valence-electron chi connectivity index (χ0n) is 21.3. The van der Waals surface area contributed by atoms with E-state index in [9.17, 15) is 14.4 Å². The molecule has 32 heavy (non-hydrogen) atoms. The Morgan fingerprint density at radius 2 is 1.25 bits per heavy atom. The predicted octanol–water partition coefficient (Wildman–Crippen LogP) is 5.72. The summed E-state index contributed by atoms with van der Waals surface area (Å²) in [5, 5.41) is 3.16. The molecule has 0 amide bonds. The number of benzene rings is 1. The van der Waals surface area contributed by atoms with Crippen LogP contribution in [0.25, 0.3) is 0 Å². The van der Waals surface area contributed by atoms with Crippen LogP contribution >= 0.6 is 0 Å². The summed E-state index contributed by atoms with van der Waals surface area (Å²) in [5.41, 5.74) is -1.21. The molecule has 0 spiro atoms. The van der Waals surface area contributed by atoms with Gasteiger partial charge in [0, 0.05) is 11.1 Å². The van der Waals surface area contributed by atoms with Crippen molar-refractivity contribution in [2.45, 2.75) is 93.5 Å². The molecule has 1 rings (SSSR count). The minimum Gasteiger partial charge on any atom is -0.422 e. The van der Waals surface area contributed by atoms with Crippen LogP contribution in [-0.4, -0.2) is 29.8 Å². The monoisotopic (exact) mass is 447 g/mol. The molecule has 0 radical (unpaired) electrons. The highest BCUT2D eigenvalue weighted by molar-refractivity contribution is 5.98. The molecule has 0 aliphatic heterocycles. The van der Waals surface area contributed by atoms with Crippen molar-refractivity contribution in [3.8, 4) is 11.5 Å². The number of ether oxygens (including phenoxy) is 2. The second kappa shape index (κ2) is 11.1. The molecule has 0 saturated carbocycles. The maximum atomic E-state index is 12.8. The number of hydrogen-bond donors (Lipinski definition) is 1. The molecule has 0 bridgehead atoms. The molecule has 0 unspecified atom stereocenters. The van der Waals surface area contributed by atoms with E-state index in [-0.39, 0.29) is 29.4 Å². The Morgan fingerprint density at radius 1 is 0.781 bits per heavy atom. The molecule has 0 fully saturated rings. The largest absolute Gasteiger partial charge is 0.422 e. The minimum absolute atomic E-state index is 0.0847. The fourth-order valence-electron chi connectivity index (χ4n) is 3.22. The van der Waals surface area contributed by atoms with Crippen LogP contribution in [0.2, 0.25) is 0 Å².